The SMILES string of the molecule is Cc1cc(C)c(C(O)c2ccc(C)cc2Br)c(F)c1. The van der Waals surface area contributed by atoms with Gasteiger partial charge in [-0.05, 0) is 55.2 Å². The molecule has 2 aromatic carbocycles. The molecule has 100 valence electrons. The van der Waals surface area contributed by atoms with E-state index in [0.717, 1.165) is 21.2 Å². The first-order valence-electron chi connectivity index (χ1n) is 6.11. The van der Waals surface area contributed by atoms with Crippen LogP contribution < -0.4 is 0 Å². The molecule has 1 nitrogen and oxygen atoms in total. The van der Waals surface area contributed by atoms with Crippen LogP contribution in [0.3, 0.4) is 0 Å². The van der Waals surface area contributed by atoms with E-state index >= 15 is 0 Å². The number of benzene rings is 2. The first-order valence-corrected chi connectivity index (χ1v) is 6.90. The van der Waals surface area contributed by atoms with Crippen LogP contribution in [0.4, 0.5) is 4.39 Å². The second kappa shape index (κ2) is 5.43. The van der Waals surface area contributed by atoms with Gasteiger partial charge < -0.3 is 5.11 Å². The Labute approximate surface area is 121 Å². The number of aliphatic hydroxyl groups excluding tert-OH is 1. The minimum absolute atomic E-state index is 0.343. The van der Waals surface area contributed by atoms with Crippen molar-refractivity contribution in [3.63, 3.8) is 0 Å². The van der Waals surface area contributed by atoms with Crippen molar-refractivity contribution >= 4 is 15.9 Å². The van der Waals surface area contributed by atoms with Crippen molar-refractivity contribution in [1.82, 2.24) is 0 Å². The molecule has 1 N–H and O–H groups in total. The molecule has 0 saturated carbocycles. The lowest BCUT2D eigenvalue weighted by molar-refractivity contribution is 0.213. The summed E-state index contributed by atoms with van der Waals surface area (Å²) in [6, 6.07) is 8.98. The zero-order chi connectivity index (χ0) is 14.2. The highest BCUT2D eigenvalue weighted by Gasteiger charge is 2.20. The van der Waals surface area contributed by atoms with E-state index in [9.17, 15) is 9.50 Å². The smallest absolute Gasteiger partial charge is 0.129 e. The second-order valence-corrected chi connectivity index (χ2v) is 5.76. The fraction of sp³-hybridized carbons (Fsp3) is 0.250. The lowest BCUT2D eigenvalue weighted by Crippen LogP contribution is -2.06. The van der Waals surface area contributed by atoms with Crippen LogP contribution in [0.5, 0.6) is 0 Å². The number of halogens is 2. The Morgan fingerprint density at radius 2 is 1.74 bits per heavy atom. The van der Waals surface area contributed by atoms with Gasteiger partial charge in [-0.2, -0.15) is 0 Å². The molecule has 1 atom stereocenters. The highest BCUT2D eigenvalue weighted by Crippen LogP contribution is 2.32. The molecule has 0 saturated heterocycles. The van der Waals surface area contributed by atoms with Crippen molar-refractivity contribution in [3.05, 3.63) is 68.4 Å². The molecule has 0 spiro atoms. The Hall–Kier alpha value is -1.19. The van der Waals surface area contributed by atoms with E-state index in [4.69, 9.17) is 0 Å². The van der Waals surface area contributed by atoms with E-state index in [1.54, 1.807) is 0 Å². The zero-order valence-corrected chi connectivity index (χ0v) is 12.8. The van der Waals surface area contributed by atoms with Crippen molar-refractivity contribution in [3.8, 4) is 0 Å². The summed E-state index contributed by atoms with van der Waals surface area (Å²) in [6.07, 6.45) is -0.962. The van der Waals surface area contributed by atoms with Gasteiger partial charge in [0.1, 0.15) is 11.9 Å². The molecule has 0 amide bonds. The van der Waals surface area contributed by atoms with Gasteiger partial charge in [-0.25, -0.2) is 4.39 Å². The molecule has 3 heteroatoms. The van der Waals surface area contributed by atoms with Gasteiger partial charge in [-0.1, -0.05) is 34.1 Å². The molecule has 0 aliphatic heterocycles. The monoisotopic (exact) mass is 322 g/mol. The molecule has 0 bridgehead atoms. The van der Waals surface area contributed by atoms with E-state index in [0.29, 0.717) is 11.1 Å². The van der Waals surface area contributed by atoms with E-state index < -0.39 is 6.10 Å². The summed E-state index contributed by atoms with van der Waals surface area (Å²) in [7, 11) is 0. The Morgan fingerprint density at radius 1 is 1.05 bits per heavy atom. The average Bonchev–Trinajstić information content (AvgIpc) is 2.26. The summed E-state index contributed by atoms with van der Waals surface area (Å²) in [5.74, 6) is -0.363. The molecule has 0 aliphatic rings. The quantitative estimate of drug-likeness (QED) is 0.857. The molecule has 1 unspecified atom stereocenters. The first kappa shape index (κ1) is 14.2. The highest BCUT2D eigenvalue weighted by atomic mass is 79.9. The number of aliphatic hydroxyl groups is 1. The Kier molecular flexibility index (Phi) is 4.07. The normalized spacial score (nSPS) is 12.5. The van der Waals surface area contributed by atoms with Gasteiger partial charge in [0.25, 0.3) is 0 Å². The largest absolute Gasteiger partial charge is 0.383 e. The van der Waals surface area contributed by atoms with Crippen LogP contribution in [0.15, 0.2) is 34.8 Å². The highest BCUT2D eigenvalue weighted by molar-refractivity contribution is 9.10. The first-order chi connectivity index (χ1) is 8.90. The van der Waals surface area contributed by atoms with Gasteiger partial charge in [-0.3, -0.25) is 0 Å². The van der Waals surface area contributed by atoms with Crippen LogP contribution in [0.1, 0.15) is 33.9 Å². The van der Waals surface area contributed by atoms with Gasteiger partial charge in [-0.15, -0.1) is 0 Å². The Morgan fingerprint density at radius 3 is 2.32 bits per heavy atom. The maximum Gasteiger partial charge on any atom is 0.129 e. The third-order valence-electron chi connectivity index (χ3n) is 3.20. The van der Waals surface area contributed by atoms with Crippen molar-refractivity contribution in [2.24, 2.45) is 0 Å². The number of hydrogen-bond acceptors (Lipinski definition) is 1. The second-order valence-electron chi connectivity index (χ2n) is 4.90. The summed E-state index contributed by atoms with van der Waals surface area (Å²) in [4.78, 5) is 0. The molecule has 0 radical (unpaired) electrons. The summed E-state index contributed by atoms with van der Waals surface area (Å²) in [5.41, 5.74) is 3.72. The third-order valence-corrected chi connectivity index (χ3v) is 3.89. The van der Waals surface area contributed by atoms with Gasteiger partial charge in [0.2, 0.25) is 0 Å². The van der Waals surface area contributed by atoms with Gasteiger partial charge in [0.05, 0.1) is 0 Å². The molecular weight excluding hydrogens is 307 g/mol. The molecule has 2 aromatic rings. The summed E-state index contributed by atoms with van der Waals surface area (Å²) in [5, 5.41) is 10.4. The molecular formula is C16H16BrFO. The lowest BCUT2D eigenvalue weighted by Gasteiger charge is -2.17. The fourth-order valence-electron chi connectivity index (χ4n) is 2.28. The molecule has 0 aliphatic carbocycles. The van der Waals surface area contributed by atoms with E-state index in [1.807, 2.05) is 45.0 Å². The van der Waals surface area contributed by atoms with Crippen molar-refractivity contribution in [2.75, 3.05) is 0 Å². The maximum absolute atomic E-state index is 14.1. The predicted molar refractivity (Wildman–Crippen MR) is 78.8 cm³/mol. The van der Waals surface area contributed by atoms with Crippen LogP contribution in [0.2, 0.25) is 0 Å². The molecule has 0 fully saturated rings. The van der Waals surface area contributed by atoms with Crippen molar-refractivity contribution < 1.29 is 9.50 Å². The van der Waals surface area contributed by atoms with Crippen LogP contribution in [-0.2, 0) is 0 Å². The van der Waals surface area contributed by atoms with Gasteiger partial charge in [0, 0.05) is 10.0 Å². The molecule has 0 aromatic heterocycles. The Balaban J connectivity index is 2.53. The predicted octanol–water partition coefficient (Wildman–Crippen LogP) is 4.60. The minimum Gasteiger partial charge on any atom is -0.383 e. The van der Waals surface area contributed by atoms with Crippen molar-refractivity contribution in [1.29, 1.82) is 0 Å². The Bertz CT molecular complexity index is 599. The number of hydrogen-bond donors (Lipinski definition) is 1. The number of rotatable bonds is 2. The van der Waals surface area contributed by atoms with E-state index in [-0.39, 0.29) is 5.82 Å². The van der Waals surface area contributed by atoms with Crippen LogP contribution in [0.25, 0.3) is 0 Å². The molecule has 19 heavy (non-hydrogen) atoms. The van der Waals surface area contributed by atoms with Crippen LogP contribution in [-0.4, -0.2) is 5.11 Å². The summed E-state index contributed by atoms with van der Waals surface area (Å²) in [6.45, 7) is 5.63. The maximum atomic E-state index is 14.1. The topological polar surface area (TPSA) is 20.2 Å². The van der Waals surface area contributed by atoms with Crippen LogP contribution >= 0.6 is 15.9 Å². The fourth-order valence-corrected chi connectivity index (χ4v) is 2.99. The minimum atomic E-state index is -0.962. The third kappa shape index (κ3) is 2.88. The van der Waals surface area contributed by atoms with Crippen molar-refractivity contribution in [2.45, 2.75) is 26.9 Å². The molecule has 0 heterocycles. The lowest BCUT2D eigenvalue weighted by atomic mass is 9.95. The standard InChI is InChI=1S/C16H16BrFO/c1-9-4-5-12(13(17)7-9)16(19)15-11(3)6-10(2)8-14(15)18/h4-8,16,19H,1-3H3. The van der Waals surface area contributed by atoms with Crippen LogP contribution in [0, 0.1) is 26.6 Å². The van der Waals surface area contributed by atoms with Gasteiger partial charge >= 0.3 is 0 Å². The number of aryl methyl sites for hydroxylation is 3. The summed E-state index contributed by atoms with van der Waals surface area (Å²) < 4.78 is 14.9. The zero-order valence-electron chi connectivity index (χ0n) is 11.2. The summed E-state index contributed by atoms with van der Waals surface area (Å²) >= 11 is 3.43. The van der Waals surface area contributed by atoms with E-state index in [1.165, 1.54) is 6.07 Å². The van der Waals surface area contributed by atoms with Gasteiger partial charge in [0.15, 0.2) is 0 Å². The van der Waals surface area contributed by atoms with E-state index in [2.05, 4.69) is 15.9 Å². The molecule has 2 rings (SSSR count). The average molecular weight is 323 g/mol.